The van der Waals surface area contributed by atoms with Gasteiger partial charge in [-0.2, -0.15) is 10.2 Å². The fourth-order valence-corrected chi connectivity index (χ4v) is 1.90. The van der Waals surface area contributed by atoms with Crippen molar-refractivity contribution in [3.8, 4) is 11.8 Å². The van der Waals surface area contributed by atoms with Gasteiger partial charge >= 0.3 is 0 Å². The van der Waals surface area contributed by atoms with Gasteiger partial charge < -0.3 is 15.8 Å². The molecule has 0 saturated carbocycles. The number of aromatic nitrogens is 2. The number of para-hydroxylation sites is 1. The fourth-order valence-electron chi connectivity index (χ4n) is 1.68. The number of anilines is 3. The van der Waals surface area contributed by atoms with E-state index in [1.54, 1.807) is 25.1 Å². The topological polar surface area (TPSA) is 96.8 Å². The molecule has 0 spiro atoms. The molecule has 7 heteroatoms. The molecule has 2 aromatic rings. The third kappa shape index (κ3) is 2.58. The largest absolute Gasteiger partial charge is 0.495 e. The number of rotatable bonds is 3. The maximum absolute atomic E-state index is 9.16. The predicted octanol–water partition coefficient (Wildman–Crippen LogP) is 2.64. The molecule has 0 radical (unpaired) electrons. The van der Waals surface area contributed by atoms with Gasteiger partial charge in [0.15, 0.2) is 5.82 Å². The van der Waals surface area contributed by atoms with Gasteiger partial charge in [-0.1, -0.05) is 6.07 Å². The van der Waals surface area contributed by atoms with Crippen molar-refractivity contribution >= 4 is 28.8 Å². The Morgan fingerprint density at radius 1 is 1.40 bits per heavy atom. The van der Waals surface area contributed by atoms with Crippen molar-refractivity contribution in [1.29, 1.82) is 5.26 Å². The lowest BCUT2D eigenvalue weighted by atomic mass is 10.1. The zero-order valence-corrected chi connectivity index (χ0v) is 11.7. The van der Waals surface area contributed by atoms with E-state index in [0.717, 1.165) is 0 Å². The molecule has 0 unspecified atom stereocenters. The first kappa shape index (κ1) is 13.9. The molecular weight excluding hydrogens is 278 g/mol. The summed E-state index contributed by atoms with van der Waals surface area (Å²) in [6, 6.07) is 7.20. The summed E-state index contributed by atoms with van der Waals surface area (Å²) in [4.78, 5) is 7.99. The normalized spacial score (nSPS) is 9.90. The van der Waals surface area contributed by atoms with Crippen LogP contribution < -0.4 is 15.8 Å². The molecule has 1 heterocycles. The Labute approximate surface area is 121 Å². The monoisotopic (exact) mass is 289 g/mol. The average Bonchev–Trinajstić information content (AvgIpc) is 2.44. The molecule has 0 amide bonds. The standard InChI is InChI=1S/C13H12ClN5O/c1-7-10(16)12(19-13(14)17-7)18-11-8(6-15)4-3-5-9(11)20-2/h3-5H,16H2,1-2H3,(H,17,18,19). The number of hydrogen-bond acceptors (Lipinski definition) is 6. The second-order valence-corrected chi connectivity index (χ2v) is 4.30. The highest BCUT2D eigenvalue weighted by Gasteiger charge is 2.13. The highest BCUT2D eigenvalue weighted by molar-refractivity contribution is 6.28. The third-order valence-electron chi connectivity index (χ3n) is 2.72. The molecule has 20 heavy (non-hydrogen) atoms. The minimum absolute atomic E-state index is 0.0765. The van der Waals surface area contributed by atoms with Crippen LogP contribution in [0.2, 0.25) is 5.28 Å². The Hall–Kier alpha value is -2.52. The first-order valence-corrected chi connectivity index (χ1v) is 6.08. The summed E-state index contributed by atoms with van der Waals surface area (Å²) < 4.78 is 5.23. The predicted molar refractivity (Wildman–Crippen MR) is 77.2 cm³/mol. The Bertz CT molecular complexity index is 696. The molecule has 0 aliphatic carbocycles. The molecule has 0 atom stereocenters. The van der Waals surface area contributed by atoms with Crippen LogP contribution in [0.5, 0.6) is 5.75 Å². The maximum atomic E-state index is 9.16. The number of methoxy groups -OCH3 is 1. The number of halogens is 1. The first-order chi connectivity index (χ1) is 9.56. The zero-order chi connectivity index (χ0) is 14.7. The second-order valence-electron chi connectivity index (χ2n) is 3.96. The lowest BCUT2D eigenvalue weighted by Crippen LogP contribution is -2.05. The number of nitrogens with zero attached hydrogens (tertiary/aromatic N) is 3. The van der Waals surface area contributed by atoms with E-state index in [-0.39, 0.29) is 5.28 Å². The van der Waals surface area contributed by atoms with Crippen LogP contribution in [0.1, 0.15) is 11.3 Å². The quantitative estimate of drug-likeness (QED) is 0.843. The van der Waals surface area contributed by atoms with Crippen molar-refractivity contribution in [3.05, 3.63) is 34.7 Å². The highest BCUT2D eigenvalue weighted by Crippen LogP contribution is 2.33. The van der Waals surface area contributed by atoms with E-state index in [2.05, 4.69) is 21.4 Å². The Morgan fingerprint density at radius 3 is 2.80 bits per heavy atom. The van der Waals surface area contributed by atoms with Gasteiger partial charge in [0.05, 0.1) is 24.1 Å². The van der Waals surface area contributed by atoms with Crippen molar-refractivity contribution < 1.29 is 4.74 Å². The molecule has 3 N–H and O–H groups in total. The maximum Gasteiger partial charge on any atom is 0.224 e. The molecular formula is C13H12ClN5O. The SMILES string of the molecule is COc1cccc(C#N)c1Nc1nc(Cl)nc(C)c1N. The Kier molecular flexibility index (Phi) is 3.91. The molecule has 1 aromatic carbocycles. The average molecular weight is 290 g/mol. The van der Waals surface area contributed by atoms with Gasteiger partial charge in [0.25, 0.3) is 0 Å². The van der Waals surface area contributed by atoms with E-state index in [0.29, 0.717) is 34.2 Å². The smallest absolute Gasteiger partial charge is 0.224 e. The lowest BCUT2D eigenvalue weighted by molar-refractivity contribution is 0.416. The molecule has 0 bridgehead atoms. The molecule has 0 aliphatic heterocycles. The highest BCUT2D eigenvalue weighted by atomic mass is 35.5. The van der Waals surface area contributed by atoms with Gasteiger partial charge in [0.1, 0.15) is 17.5 Å². The second kappa shape index (κ2) is 5.63. The van der Waals surface area contributed by atoms with Crippen LogP contribution in [0.15, 0.2) is 18.2 Å². The lowest BCUT2D eigenvalue weighted by Gasteiger charge is -2.14. The number of nitrogen functional groups attached to an aromatic ring is 1. The summed E-state index contributed by atoms with van der Waals surface area (Å²) >= 11 is 5.82. The number of aryl methyl sites for hydroxylation is 1. The number of hydrogen-bond donors (Lipinski definition) is 2. The number of ether oxygens (including phenoxy) is 1. The number of nitrogens with two attached hydrogens (primary N) is 1. The molecule has 1 aromatic heterocycles. The van der Waals surface area contributed by atoms with Gasteiger partial charge in [-0.3, -0.25) is 0 Å². The molecule has 2 rings (SSSR count). The summed E-state index contributed by atoms with van der Waals surface area (Å²) in [5, 5.41) is 12.2. The molecule has 102 valence electrons. The van der Waals surface area contributed by atoms with Gasteiger partial charge in [-0.05, 0) is 30.7 Å². The zero-order valence-electron chi connectivity index (χ0n) is 10.9. The number of nitriles is 1. The summed E-state index contributed by atoms with van der Waals surface area (Å²) in [7, 11) is 1.52. The summed E-state index contributed by atoms with van der Waals surface area (Å²) in [6.07, 6.45) is 0. The van der Waals surface area contributed by atoms with Crippen LogP contribution >= 0.6 is 11.6 Å². The van der Waals surface area contributed by atoms with Crippen LogP contribution in [0.3, 0.4) is 0 Å². The van der Waals surface area contributed by atoms with Crippen molar-refractivity contribution in [2.75, 3.05) is 18.2 Å². The Morgan fingerprint density at radius 2 is 2.15 bits per heavy atom. The van der Waals surface area contributed by atoms with Crippen LogP contribution in [-0.2, 0) is 0 Å². The van der Waals surface area contributed by atoms with Crippen molar-refractivity contribution in [3.63, 3.8) is 0 Å². The molecule has 6 nitrogen and oxygen atoms in total. The van der Waals surface area contributed by atoms with Gasteiger partial charge in [0.2, 0.25) is 5.28 Å². The minimum Gasteiger partial charge on any atom is -0.495 e. The minimum atomic E-state index is 0.0765. The van der Waals surface area contributed by atoms with Crippen molar-refractivity contribution in [2.24, 2.45) is 0 Å². The van der Waals surface area contributed by atoms with E-state index in [1.165, 1.54) is 7.11 Å². The van der Waals surface area contributed by atoms with Gasteiger partial charge in [0, 0.05) is 0 Å². The first-order valence-electron chi connectivity index (χ1n) is 5.70. The van der Waals surface area contributed by atoms with Crippen LogP contribution in [0.4, 0.5) is 17.2 Å². The molecule has 0 aliphatic rings. The van der Waals surface area contributed by atoms with Crippen LogP contribution in [0, 0.1) is 18.3 Å². The van der Waals surface area contributed by atoms with Gasteiger partial charge in [-0.15, -0.1) is 0 Å². The summed E-state index contributed by atoms with van der Waals surface area (Å²) in [5.41, 5.74) is 7.73. The Balaban J connectivity index is 2.53. The van der Waals surface area contributed by atoms with E-state index in [1.807, 2.05) is 0 Å². The number of nitrogens with one attached hydrogen (secondary N) is 1. The fraction of sp³-hybridized carbons (Fsp3) is 0.154. The molecule has 0 fully saturated rings. The van der Waals surface area contributed by atoms with Gasteiger partial charge in [-0.25, -0.2) is 4.98 Å². The van der Waals surface area contributed by atoms with E-state index < -0.39 is 0 Å². The van der Waals surface area contributed by atoms with Crippen molar-refractivity contribution in [2.45, 2.75) is 6.92 Å². The third-order valence-corrected chi connectivity index (χ3v) is 2.89. The molecule has 0 saturated heterocycles. The van der Waals surface area contributed by atoms with E-state index in [4.69, 9.17) is 27.3 Å². The van der Waals surface area contributed by atoms with Crippen molar-refractivity contribution in [1.82, 2.24) is 9.97 Å². The van der Waals surface area contributed by atoms with Crippen LogP contribution in [0.25, 0.3) is 0 Å². The van der Waals surface area contributed by atoms with Crippen LogP contribution in [-0.4, -0.2) is 17.1 Å². The van der Waals surface area contributed by atoms with E-state index in [9.17, 15) is 0 Å². The van der Waals surface area contributed by atoms with E-state index >= 15 is 0 Å². The number of benzene rings is 1. The summed E-state index contributed by atoms with van der Waals surface area (Å²) in [6.45, 7) is 1.72. The summed E-state index contributed by atoms with van der Waals surface area (Å²) in [5.74, 6) is 0.847.